The van der Waals surface area contributed by atoms with Gasteiger partial charge in [-0.15, -0.1) is 11.3 Å². The van der Waals surface area contributed by atoms with Gasteiger partial charge in [0.1, 0.15) is 6.04 Å². The number of hydrogen-bond donors (Lipinski definition) is 4. The second kappa shape index (κ2) is 14.8. The number of pyridine rings is 1. The number of nitrogens with one attached hydrogen (secondary N) is 2. The van der Waals surface area contributed by atoms with E-state index in [1.807, 2.05) is 57.2 Å². The standard InChI is InChI=1S/C34H44BrN5O4S/c1-34(2,3)38-33(44)29-20-39(19-27-17-25(35)21-45-27)12-13-40(29)18-26(41)15-24(14-22-8-10-36-11-9-22)32(43)37-31-28-7-5-4-6-23(28)16-30(31)42/h4-11,17,21,24,26,29-31,41-42H,12-16,18-20H2,1-3H3,(H,37,43)(H,38,44)/t24-,26+,29+,30-,31+/m1/s1. The van der Waals surface area contributed by atoms with Crippen molar-refractivity contribution in [1.82, 2.24) is 25.4 Å². The minimum atomic E-state index is -0.840. The van der Waals surface area contributed by atoms with Gasteiger partial charge >= 0.3 is 0 Å². The average Bonchev–Trinajstić information content (AvgIpc) is 3.54. The maximum atomic E-state index is 13.8. The number of rotatable bonds is 11. The van der Waals surface area contributed by atoms with E-state index in [1.54, 1.807) is 23.7 Å². The van der Waals surface area contributed by atoms with E-state index in [9.17, 15) is 19.8 Å². The van der Waals surface area contributed by atoms with Crippen molar-refractivity contribution in [2.45, 2.75) is 76.4 Å². The lowest BCUT2D eigenvalue weighted by Gasteiger charge is -2.42. The molecule has 0 spiro atoms. The number of piperazine rings is 1. The Balaban J connectivity index is 1.28. The highest BCUT2D eigenvalue weighted by molar-refractivity contribution is 9.10. The van der Waals surface area contributed by atoms with Crippen molar-refractivity contribution in [3.63, 3.8) is 0 Å². The fourth-order valence-corrected chi connectivity index (χ4v) is 7.87. The number of aliphatic hydroxyl groups excluding tert-OH is 2. The minimum Gasteiger partial charge on any atom is -0.392 e. The van der Waals surface area contributed by atoms with Gasteiger partial charge in [-0.25, -0.2) is 0 Å². The molecule has 1 fully saturated rings. The predicted octanol–water partition coefficient (Wildman–Crippen LogP) is 3.69. The highest BCUT2D eigenvalue weighted by Gasteiger charge is 2.37. The van der Waals surface area contributed by atoms with E-state index in [0.717, 1.165) is 34.3 Å². The lowest BCUT2D eigenvalue weighted by molar-refractivity contribution is -0.132. The van der Waals surface area contributed by atoms with Gasteiger partial charge in [-0.1, -0.05) is 24.3 Å². The molecule has 2 aromatic heterocycles. The quantitative estimate of drug-likeness (QED) is 0.242. The van der Waals surface area contributed by atoms with Gasteiger partial charge in [0, 0.05) is 77.7 Å². The minimum absolute atomic E-state index is 0.0632. The Morgan fingerprint density at radius 3 is 2.62 bits per heavy atom. The van der Waals surface area contributed by atoms with E-state index in [-0.39, 0.29) is 30.3 Å². The molecule has 9 nitrogen and oxygen atoms in total. The molecule has 45 heavy (non-hydrogen) atoms. The summed E-state index contributed by atoms with van der Waals surface area (Å²) in [5.41, 5.74) is 2.52. The predicted molar refractivity (Wildman–Crippen MR) is 180 cm³/mol. The van der Waals surface area contributed by atoms with Gasteiger partial charge in [-0.2, -0.15) is 0 Å². The SMILES string of the molecule is CC(C)(C)NC(=O)[C@@H]1CN(Cc2cc(Br)cs2)CCN1C[C@@H](O)C[C@@H](Cc1ccncc1)C(=O)N[C@H]1c2ccccc2C[C@H]1O. The number of β-amino-alcohol motifs (C(OH)–C–C–N with tert-alkyl or cyclic N) is 1. The van der Waals surface area contributed by atoms with E-state index in [0.29, 0.717) is 25.9 Å². The Labute approximate surface area is 278 Å². The van der Waals surface area contributed by atoms with Gasteiger partial charge in [-0.05, 0) is 84.4 Å². The van der Waals surface area contributed by atoms with Crippen LogP contribution in [0.2, 0.25) is 0 Å². The summed E-state index contributed by atoms with van der Waals surface area (Å²) in [5, 5.41) is 30.6. The van der Waals surface area contributed by atoms with Crippen LogP contribution in [0.25, 0.3) is 0 Å². The monoisotopic (exact) mass is 697 g/mol. The molecule has 1 aromatic carbocycles. The van der Waals surface area contributed by atoms with Crippen molar-refractivity contribution in [3.8, 4) is 0 Å². The van der Waals surface area contributed by atoms with Gasteiger partial charge in [0.05, 0.1) is 18.2 Å². The molecule has 11 heteroatoms. The second-order valence-electron chi connectivity index (χ2n) is 13.3. The zero-order valence-corrected chi connectivity index (χ0v) is 28.6. The Hall–Kier alpha value is -2.67. The second-order valence-corrected chi connectivity index (χ2v) is 15.2. The molecule has 3 heterocycles. The lowest BCUT2D eigenvalue weighted by atomic mass is 9.92. The molecule has 242 valence electrons. The molecule has 5 atom stereocenters. The van der Waals surface area contributed by atoms with Crippen molar-refractivity contribution in [2.24, 2.45) is 5.92 Å². The summed E-state index contributed by atoms with van der Waals surface area (Å²) in [6.07, 6.45) is 2.99. The van der Waals surface area contributed by atoms with Crippen LogP contribution in [0, 0.1) is 5.92 Å². The third kappa shape index (κ3) is 9.21. The van der Waals surface area contributed by atoms with Crippen LogP contribution in [0.15, 0.2) is 64.7 Å². The van der Waals surface area contributed by atoms with Gasteiger partial charge in [0.2, 0.25) is 11.8 Å². The molecule has 0 saturated carbocycles. The topological polar surface area (TPSA) is 118 Å². The molecular formula is C34H44BrN5O4S. The number of carbonyl (C=O) groups is 2. The van der Waals surface area contributed by atoms with Gasteiger partial charge in [0.15, 0.2) is 0 Å². The number of carbonyl (C=O) groups excluding carboxylic acids is 2. The average molecular weight is 699 g/mol. The number of aliphatic hydroxyl groups is 2. The summed E-state index contributed by atoms with van der Waals surface area (Å²) in [6.45, 7) is 8.87. The third-order valence-electron chi connectivity index (χ3n) is 8.48. The maximum Gasteiger partial charge on any atom is 0.239 e. The Bertz CT molecular complexity index is 1450. The van der Waals surface area contributed by atoms with Crippen LogP contribution < -0.4 is 10.6 Å². The zero-order valence-electron chi connectivity index (χ0n) is 26.2. The van der Waals surface area contributed by atoms with E-state index in [1.165, 1.54) is 4.88 Å². The summed E-state index contributed by atoms with van der Waals surface area (Å²) in [6, 6.07) is 12.7. The first-order chi connectivity index (χ1) is 21.4. The Morgan fingerprint density at radius 2 is 1.91 bits per heavy atom. The normalized spacial score (nSPS) is 22.0. The van der Waals surface area contributed by atoms with Gasteiger partial charge < -0.3 is 20.8 Å². The summed E-state index contributed by atoms with van der Waals surface area (Å²) in [4.78, 5) is 37.0. The van der Waals surface area contributed by atoms with Gasteiger partial charge in [-0.3, -0.25) is 24.4 Å². The molecule has 1 aliphatic carbocycles. The molecule has 1 saturated heterocycles. The van der Waals surface area contributed by atoms with E-state index >= 15 is 0 Å². The van der Waals surface area contributed by atoms with Crippen LogP contribution in [-0.2, 0) is 29.0 Å². The third-order valence-corrected chi connectivity index (χ3v) is 10.2. The number of amides is 2. The van der Waals surface area contributed by atoms with E-state index in [4.69, 9.17) is 0 Å². The summed E-state index contributed by atoms with van der Waals surface area (Å²) < 4.78 is 1.06. The molecule has 0 unspecified atom stereocenters. The number of aromatic nitrogens is 1. The van der Waals surface area contributed by atoms with Crippen molar-refractivity contribution >= 4 is 39.1 Å². The molecule has 3 aromatic rings. The molecule has 0 bridgehead atoms. The largest absolute Gasteiger partial charge is 0.392 e. The Morgan fingerprint density at radius 1 is 1.16 bits per heavy atom. The summed E-state index contributed by atoms with van der Waals surface area (Å²) >= 11 is 5.23. The van der Waals surface area contributed by atoms with Gasteiger partial charge in [0.25, 0.3) is 0 Å². The number of nitrogens with zero attached hydrogens (tertiary/aromatic N) is 3. The molecular weight excluding hydrogens is 654 g/mol. The maximum absolute atomic E-state index is 13.8. The first-order valence-electron chi connectivity index (χ1n) is 15.6. The number of fused-ring (bicyclic) bond motifs is 1. The van der Waals surface area contributed by atoms with E-state index < -0.39 is 30.2 Å². The van der Waals surface area contributed by atoms with Crippen LogP contribution in [0.1, 0.15) is 54.8 Å². The number of benzene rings is 1. The highest BCUT2D eigenvalue weighted by atomic mass is 79.9. The molecule has 5 rings (SSSR count). The van der Waals surface area contributed by atoms with Crippen molar-refractivity contribution < 1.29 is 19.8 Å². The zero-order chi connectivity index (χ0) is 32.1. The van der Waals surface area contributed by atoms with Crippen molar-refractivity contribution in [1.29, 1.82) is 0 Å². The Kier molecular flexibility index (Phi) is 11.1. The first-order valence-corrected chi connectivity index (χ1v) is 17.3. The molecule has 4 N–H and O–H groups in total. The fraction of sp³-hybridized carbons (Fsp3) is 0.500. The van der Waals surface area contributed by atoms with Crippen LogP contribution in [0.3, 0.4) is 0 Å². The fourth-order valence-electron chi connectivity index (χ4n) is 6.38. The summed E-state index contributed by atoms with van der Waals surface area (Å²) in [5.74, 6) is -0.810. The van der Waals surface area contributed by atoms with Crippen molar-refractivity contribution in [3.05, 3.63) is 86.3 Å². The lowest BCUT2D eigenvalue weighted by Crippen LogP contribution is -2.61. The highest BCUT2D eigenvalue weighted by Crippen LogP contribution is 2.32. The first kappa shape index (κ1) is 33.7. The molecule has 0 radical (unpaired) electrons. The smallest absolute Gasteiger partial charge is 0.239 e. The van der Waals surface area contributed by atoms with Crippen molar-refractivity contribution in [2.75, 3.05) is 26.2 Å². The summed E-state index contributed by atoms with van der Waals surface area (Å²) in [7, 11) is 0. The van der Waals surface area contributed by atoms with Crippen LogP contribution in [-0.4, -0.2) is 86.8 Å². The number of halogens is 1. The van der Waals surface area contributed by atoms with Crippen LogP contribution in [0.5, 0.6) is 0 Å². The van der Waals surface area contributed by atoms with Crippen LogP contribution >= 0.6 is 27.3 Å². The molecule has 2 amide bonds. The molecule has 1 aliphatic heterocycles. The van der Waals surface area contributed by atoms with Crippen LogP contribution in [0.4, 0.5) is 0 Å². The van der Waals surface area contributed by atoms with E-state index in [2.05, 4.69) is 52.8 Å². The number of hydrogen-bond acceptors (Lipinski definition) is 8. The molecule has 2 aliphatic rings. The number of thiophene rings is 1.